The summed E-state index contributed by atoms with van der Waals surface area (Å²) in [4.78, 5) is 3.83. The summed E-state index contributed by atoms with van der Waals surface area (Å²) in [5.41, 5.74) is -0.698. The Hall–Kier alpha value is -1.30. The molecule has 2 rings (SSSR count). The van der Waals surface area contributed by atoms with Gasteiger partial charge in [0.25, 0.3) is 0 Å². The maximum atomic E-state index is 12.9. The van der Waals surface area contributed by atoms with Gasteiger partial charge in [0.15, 0.2) is 0 Å². The zero-order chi connectivity index (χ0) is 13.9. The number of piperidine rings is 1. The second kappa shape index (κ2) is 5.77. The van der Waals surface area contributed by atoms with Gasteiger partial charge in [0.05, 0.1) is 5.56 Å². The highest BCUT2D eigenvalue weighted by molar-refractivity contribution is 5.46. The lowest BCUT2D eigenvalue weighted by atomic mass is 9.91. The second-order valence-corrected chi connectivity index (χ2v) is 4.92. The first-order chi connectivity index (χ1) is 8.98. The first-order valence-corrected chi connectivity index (χ1v) is 6.48. The molecule has 0 saturated carbocycles. The summed E-state index contributed by atoms with van der Waals surface area (Å²) in [6, 6.07) is 2.35. The largest absolute Gasteiger partial charge is 0.419 e. The van der Waals surface area contributed by atoms with E-state index < -0.39 is 11.7 Å². The summed E-state index contributed by atoms with van der Waals surface area (Å²) in [6.45, 7) is 3.76. The lowest BCUT2D eigenvalue weighted by Gasteiger charge is -2.29. The van der Waals surface area contributed by atoms with Crippen molar-refractivity contribution in [2.75, 3.05) is 18.4 Å². The summed E-state index contributed by atoms with van der Waals surface area (Å²) >= 11 is 0. The van der Waals surface area contributed by atoms with Crippen LogP contribution < -0.4 is 10.6 Å². The molecular formula is C13H18F3N3. The quantitative estimate of drug-likeness (QED) is 0.889. The van der Waals surface area contributed by atoms with Crippen molar-refractivity contribution >= 4 is 5.82 Å². The molecule has 6 heteroatoms. The minimum Gasteiger partial charge on any atom is -0.367 e. The Balaban J connectivity index is 2.10. The molecule has 19 heavy (non-hydrogen) atoms. The zero-order valence-corrected chi connectivity index (χ0v) is 10.8. The monoisotopic (exact) mass is 273 g/mol. The number of hydrogen-bond acceptors (Lipinski definition) is 3. The lowest BCUT2D eigenvalue weighted by molar-refractivity contribution is -0.137. The predicted octanol–water partition coefficient (Wildman–Crippen LogP) is 2.90. The molecule has 1 saturated heterocycles. The third kappa shape index (κ3) is 3.59. The molecule has 0 radical (unpaired) electrons. The van der Waals surface area contributed by atoms with E-state index in [0.29, 0.717) is 5.92 Å². The van der Waals surface area contributed by atoms with Crippen LogP contribution >= 0.6 is 0 Å². The van der Waals surface area contributed by atoms with Gasteiger partial charge < -0.3 is 10.6 Å². The van der Waals surface area contributed by atoms with E-state index in [9.17, 15) is 13.2 Å². The van der Waals surface area contributed by atoms with Gasteiger partial charge in [-0.2, -0.15) is 13.2 Å². The molecule has 106 valence electrons. The highest BCUT2D eigenvalue weighted by Crippen LogP contribution is 2.34. The van der Waals surface area contributed by atoms with Crippen molar-refractivity contribution in [2.24, 2.45) is 5.92 Å². The molecule has 1 aliphatic rings. The number of aromatic nitrogens is 1. The fourth-order valence-electron chi connectivity index (χ4n) is 2.43. The van der Waals surface area contributed by atoms with Crippen molar-refractivity contribution in [3.05, 3.63) is 23.9 Å². The predicted molar refractivity (Wildman–Crippen MR) is 67.9 cm³/mol. The van der Waals surface area contributed by atoms with E-state index >= 15 is 0 Å². The average Bonchev–Trinajstić information content (AvgIpc) is 2.39. The van der Waals surface area contributed by atoms with Crippen molar-refractivity contribution in [1.82, 2.24) is 10.3 Å². The molecule has 0 unspecified atom stereocenters. The van der Waals surface area contributed by atoms with E-state index in [1.165, 1.54) is 12.3 Å². The summed E-state index contributed by atoms with van der Waals surface area (Å²) in [5, 5.41) is 6.17. The molecule has 2 N–H and O–H groups in total. The van der Waals surface area contributed by atoms with Crippen LogP contribution in [-0.2, 0) is 6.18 Å². The van der Waals surface area contributed by atoms with Crippen LogP contribution in [0.15, 0.2) is 18.3 Å². The highest BCUT2D eigenvalue weighted by Gasteiger charge is 2.34. The van der Waals surface area contributed by atoms with Crippen LogP contribution in [-0.4, -0.2) is 24.1 Å². The van der Waals surface area contributed by atoms with Crippen LogP contribution in [0.5, 0.6) is 0 Å². The van der Waals surface area contributed by atoms with Gasteiger partial charge in [0.2, 0.25) is 0 Å². The first kappa shape index (κ1) is 14.1. The lowest BCUT2D eigenvalue weighted by Crippen LogP contribution is -2.36. The van der Waals surface area contributed by atoms with E-state index in [0.717, 1.165) is 32.0 Å². The molecule has 1 aliphatic heterocycles. The smallest absolute Gasteiger partial charge is 0.367 e. The van der Waals surface area contributed by atoms with E-state index in [2.05, 4.69) is 15.6 Å². The van der Waals surface area contributed by atoms with Gasteiger partial charge >= 0.3 is 6.18 Å². The highest BCUT2D eigenvalue weighted by atomic mass is 19.4. The van der Waals surface area contributed by atoms with Gasteiger partial charge in [-0.3, -0.25) is 0 Å². The summed E-state index contributed by atoms with van der Waals surface area (Å²) < 4.78 is 38.6. The number of hydrogen-bond donors (Lipinski definition) is 2. The Morgan fingerprint density at radius 1 is 1.37 bits per heavy atom. The molecule has 0 bridgehead atoms. The number of pyridine rings is 1. The number of anilines is 1. The minimum atomic E-state index is -4.37. The van der Waals surface area contributed by atoms with Gasteiger partial charge in [-0.1, -0.05) is 0 Å². The van der Waals surface area contributed by atoms with Crippen molar-refractivity contribution in [2.45, 2.75) is 32.0 Å². The van der Waals surface area contributed by atoms with Crippen LogP contribution in [0.4, 0.5) is 19.0 Å². The minimum absolute atomic E-state index is 0.0156. The Kier molecular flexibility index (Phi) is 4.29. The van der Waals surface area contributed by atoms with Crippen molar-refractivity contribution < 1.29 is 13.2 Å². The number of alkyl halides is 3. The second-order valence-electron chi connectivity index (χ2n) is 4.92. The van der Waals surface area contributed by atoms with Gasteiger partial charge in [-0.15, -0.1) is 0 Å². The summed E-state index contributed by atoms with van der Waals surface area (Å²) in [7, 11) is 0. The van der Waals surface area contributed by atoms with Gasteiger partial charge in [-0.05, 0) is 50.9 Å². The van der Waals surface area contributed by atoms with Crippen molar-refractivity contribution in [1.29, 1.82) is 0 Å². The number of halogens is 3. The van der Waals surface area contributed by atoms with Crippen LogP contribution in [0.25, 0.3) is 0 Å². The van der Waals surface area contributed by atoms with Gasteiger partial charge in [0, 0.05) is 12.2 Å². The van der Waals surface area contributed by atoms with Crippen LogP contribution in [0.1, 0.15) is 25.3 Å². The average molecular weight is 273 g/mol. The Morgan fingerprint density at radius 3 is 2.68 bits per heavy atom. The van der Waals surface area contributed by atoms with Gasteiger partial charge in [-0.25, -0.2) is 4.98 Å². The molecule has 0 amide bonds. The van der Waals surface area contributed by atoms with E-state index in [1.807, 2.05) is 6.92 Å². The number of nitrogens with one attached hydrogen (secondary N) is 2. The number of nitrogens with zero attached hydrogens (tertiary/aromatic N) is 1. The van der Waals surface area contributed by atoms with Crippen LogP contribution in [0, 0.1) is 5.92 Å². The zero-order valence-electron chi connectivity index (χ0n) is 10.8. The molecule has 0 aliphatic carbocycles. The fraction of sp³-hybridized carbons (Fsp3) is 0.615. The molecule has 1 aromatic rings. The normalized spacial score (nSPS) is 19.2. The number of rotatable bonds is 3. The topological polar surface area (TPSA) is 37.0 Å². The van der Waals surface area contributed by atoms with Crippen LogP contribution in [0.3, 0.4) is 0 Å². The first-order valence-electron chi connectivity index (χ1n) is 6.48. The Morgan fingerprint density at radius 2 is 2.05 bits per heavy atom. The molecule has 0 spiro atoms. The van der Waals surface area contributed by atoms with E-state index in [4.69, 9.17) is 0 Å². The van der Waals surface area contributed by atoms with Crippen molar-refractivity contribution in [3.8, 4) is 0 Å². The maximum Gasteiger partial charge on any atom is 0.419 e. The third-order valence-corrected chi connectivity index (χ3v) is 3.57. The van der Waals surface area contributed by atoms with E-state index in [1.54, 1.807) is 0 Å². The standard InChI is InChI=1S/C13H18F3N3/c1-9(10-4-7-17-8-5-10)19-12-11(13(14,15)16)3-2-6-18-12/h2-3,6,9-10,17H,4-5,7-8H2,1H3,(H,18,19)/t9-/m0/s1. The molecule has 2 heterocycles. The SMILES string of the molecule is C[C@H](Nc1ncccc1C(F)(F)F)C1CCNCC1. The Labute approximate surface area is 110 Å². The molecule has 1 atom stereocenters. The molecular weight excluding hydrogens is 255 g/mol. The molecule has 1 aromatic heterocycles. The summed E-state index contributed by atoms with van der Waals surface area (Å²) in [6.07, 6.45) is -1.04. The Bertz CT molecular complexity index is 414. The third-order valence-electron chi connectivity index (χ3n) is 3.57. The fourth-order valence-corrected chi connectivity index (χ4v) is 2.43. The summed E-state index contributed by atoms with van der Waals surface area (Å²) in [5.74, 6) is 0.311. The maximum absolute atomic E-state index is 12.9. The van der Waals surface area contributed by atoms with E-state index in [-0.39, 0.29) is 11.9 Å². The molecule has 1 fully saturated rings. The van der Waals surface area contributed by atoms with Gasteiger partial charge in [0.1, 0.15) is 5.82 Å². The van der Waals surface area contributed by atoms with Crippen LogP contribution in [0.2, 0.25) is 0 Å². The molecule has 3 nitrogen and oxygen atoms in total. The molecule has 0 aromatic carbocycles. The van der Waals surface area contributed by atoms with Crippen molar-refractivity contribution in [3.63, 3.8) is 0 Å².